The molecule has 1 aliphatic rings. The van der Waals surface area contributed by atoms with E-state index in [-0.39, 0.29) is 23.5 Å². The van der Waals surface area contributed by atoms with Gasteiger partial charge in [0.1, 0.15) is 10.6 Å². The maximum atomic E-state index is 12.9. The number of methoxy groups -OCH3 is 1. The van der Waals surface area contributed by atoms with Crippen molar-refractivity contribution >= 4 is 10.0 Å². The van der Waals surface area contributed by atoms with Crippen LogP contribution in [0.15, 0.2) is 40.3 Å². The molecular weight excluding hydrogens is 330 g/mol. The Morgan fingerprint density at radius 2 is 2.04 bits per heavy atom. The summed E-state index contributed by atoms with van der Waals surface area (Å²) in [5.74, 6) is 0.303. The van der Waals surface area contributed by atoms with Gasteiger partial charge in [-0.25, -0.2) is 13.4 Å². The summed E-state index contributed by atoms with van der Waals surface area (Å²) < 4.78 is 33.9. The van der Waals surface area contributed by atoms with Gasteiger partial charge in [-0.1, -0.05) is 12.1 Å². The monoisotopic (exact) mass is 349 g/mol. The van der Waals surface area contributed by atoms with E-state index in [1.807, 2.05) is 6.92 Å². The molecule has 2 heterocycles. The van der Waals surface area contributed by atoms with Crippen LogP contribution in [0, 0.1) is 0 Å². The number of nitrogens with zero attached hydrogens (tertiary/aromatic N) is 3. The lowest BCUT2D eigenvalue weighted by Crippen LogP contribution is -2.40. The second-order valence-electron chi connectivity index (χ2n) is 5.50. The molecule has 1 aromatic heterocycles. The highest BCUT2D eigenvalue weighted by atomic mass is 32.2. The summed E-state index contributed by atoms with van der Waals surface area (Å²) in [6.07, 6.45) is 1.83. The molecule has 1 aromatic carbocycles. The molecule has 0 atom stereocenters. The Labute approximate surface area is 140 Å². The highest BCUT2D eigenvalue weighted by Gasteiger charge is 2.32. The second-order valence-corrected chi connectivity index (χ2v) is 7.41. The van der Waals surface area contributed by atoms with Gasteiger partial charge in [-0.3, -0.25) is 9.36 Å². The fraction of sp³-hybridized carbons (Fsp3) is 0.375. The summed E-state index contributed by atoms with van der Waals surface area (Å²) in [6.45, 7) is 2.76. The van der Waals surface area contributed by atoms with Crippen LogP contribution in [0.2, 0.25) is 0 Å². The van der Waals surface area contributed by atoms with E-state index in [0.717, 1.165) is 0 Å². The number of aryl methyl sites for hydroxylation is 1. The van der Waals surface area contributed by atoms with Crippen LogP contribution in [0.5, 0.6) is 5.75 Å². The molecule has 0 bridgehead atoms. The highest BCUT2D eigenvalue weighted by molar-refractivity contribution is 7.89. The van der Waals surface area contributed by atoms with E-state index in [0.29, 0.717) is 30.0 Å². The first kappa shape index (κ1) is 16.7. The Morgan fingerprint density at radius 3 is 2.75 bits per heavy atom. The van der Waals surface area contributed by atoms with E-state index >= 15 is 0 Å². The Kier molecular flexibility index (Phi) is 4.42. The zero-order valence-electron chi connectivity index (χ0n) is 13.6. The van der Waals surface area contributed by atoms with Crippen LogP contribution in [0.3, 0.4) is 0 Å². The predicted octanol–water partition coefficient (Wildman–Crippen LogP) is 1.02. The van der Waals surface area contributed by atoms with Crippen LogP contribution in [0.4, 0.5) is 0 Å². The van der Waals surface area contributed by atoms with Crippen molar-refractivity contribution < 1.29 is 13.2 Å². The number of ether oxygens (including phenoxy) is 1. The molecule has 3 rings (SSSR count). The normalized spacial score (nSPS) is 15.1. The molecule has 0 fully saturated rings. The summed E-state index contributed by atoms with van der Waals surface area (Å²) in [4.78, 5) is 16.7. The summed E-state index contributed by atoms with van der Waals surface area (Å²) in [7, 11) is -2.28. The lowest BCUT2D eigenvalue weighted by Gasteiger charge is -2.27. The number of sulfonamides is 1. The first-order chi connectivity index (χ1) is 11.5. The van der Waals surface area contributed by atoms with Crippen molar-refractivity contribution in [3.05, 3.63) is 52.2 Å². The molecule has 0 saturated carbocycles. The molecule has 8 heteroatoms. The molecule has 2 aromatic rings. The predicted molar refractivity (Wildman–Crippen MR) is 88.5 cm³/mol. The minimum Gasteiger partial charge on any atom is -0.495 e. The Balaban J connectivity index is 1.98. The molecule has 128 valence electrons. The first-order valence-corrected chi connectivity index (χ1v) is 9.13. The van der Waals surface area contributed by atoms with Crippen LogP contribution in [-0.2, 0) is 29.5 Å². The molecule has 1 aliphatic heterocycles. The van der Waals surface area contributed by atoms with Crippen LogP contribution >= 0.6 is 0 Å². The van der Waals surface area contributed by atoms with E-state index in [9.17, 15) is 13.2 Å². The summed E-state index contributed by atoms with van der Waals surface area (Å²) in [5.41, 5.74) is 1.04. The maximum absolute atomic E-state index is 12.9. The van der Waals surface area contributed by atoms with Gasteiger partial charge < -0.3 is 4.74 Å². The van der Waals surface area contributed by atoms with Gasteiger partial charge in [0.25, 0.3) is 5.56 Å². The zero-order chi connectivity index (χ0) is 17.3. The molecule has 0 amide bonds. The lowest BCUT2D eigenvalue weighted by atomic mass is 10.1. The molecule has 0 aliphatic carbocycles. The third kappa shape index (κ3) is 2.71. The Bertz CT molecular complexity index is 921. The van der Waals surface area contributed by atoms with Gasteiger partial charge in [0.05, 0.1) is 25.7 Å². The van der Waals surface area contributed by atoms with Crippen LogP contribution < -0.4 is 10.3 Å². The largest absolute Gasteiger partial charge is 0.495 e. The Hall–Kier alpha value is -2.19. The number of hydrogen-bond acceptors (Lipinski definition) is 5. The maximum Gasteiger partial charge on any atom is 0.256 e. The molecule has 24 heavy (non-hydrogen) atoms. The fourth-order valence-corrected chi connectivity index (χ4v) is 4.40. The topological polar surface area (TPSA) is 81.5 Å². The van der Waals surface area contributed by atoms with Crippen molar-refractivity contribution in [3.8, 4) is 5.75 Å². The number of fused-ring (bicyclic) bond motifs is 1. The van der Waals surface area contributed by atoms with Gasteiger partial charge in [-0.05, 0) is 25.5 Å². The van der Waals surface area contributed by atoms with E-state index in [1.54, 1.807) is 18.2 Å². The van der Waals surface area contributed by atoms with Gasteiger partial charge in [0.2, 0.25) is 10.0 Å². The van der Waals surface area contributed by atoms with Gasteiger partial charge in [-0.15, -0.1) is 0 Å². The van der Waals surface area contributed by atoms with Crippen LogP contribution in [0.25, 0.3) is 0 Å². The number of benzene rings is 1. The number of para-hydroxylation sites is 1. The van der Waals surface area contributed by atoms with E-state index < -0.39 is 10.0 Å². The van der Waals surface area contributed by atoms with Gasteiger partial charge in [-0.2, -0.15) is 4.31 Å². The van der Waals surface area contributed by atoms with Crippen molar-refractivity contribution in [2.45, 2.75) is 31.3 Å². The molecule has 0 unspecified atom stereocenters. The molecular formula is C16H19N3O4S. The molecule has 0 N–H and O–H groups in total. The Morgan fingerprint density at radius 1 is 1.29 bits per heavy atom. The van der Waals surface area contributed by atoms with Gasteiger partial charge >= 0.3 is 0 Å². The zero-order valence-corrected chi connectivity index (χ0v) is 14.4. The number of rotatable bonds is 4. The average Bonchev–Trinajstić information content (AvgIpc) is 2.61. The summed E-state index contributed by atoms with van der Waals surface area (Å²) >= 11 is 0. The quantitative estimate of drug-likeness (QED) is 0.823. The van der Waals surface area contributed by atoms with Crippen molar-refractivity contribution in [2.75, 3.05) is 13.7 Å². The van der Waals surface area contributed by atoms with Crippen LogP contribution in [-0.4, -0.2) is 35.9 Å². The SMILES string of the molecule is CCn1cnc2c(c1=O)CCN(S(=O)(=O)c1ccccc1OC)C2. The minimum absolute atomic E-state index is 0.0863. The van der Waals surface area contributed by atoms with Crippen molar-refractivity contribution in [3.63, 3.8) is 0 Å². The molecule has 0 radical (unpaired) electrons. The van der Waals surface area contributed by atoms with Crippen molar-refractivity contribution in [2.24, 2.45) is 0 Å². The summed E-state index contributed by atoms with van der Waals surface area (Å²) in [5, 5.41) is 0. The third-order valence-electron chi connectivity index (χ3n) is 4.19. The molecule has 0 saturated heterocycles. The third-order valence-corrected chi connectivity index (χ3v) is 6.07. The highest BCUT2D eigenvalue weighted by Crippen LogP contribution is 2.28. The van der Waals surface area contributed by atoms with Gasteiger partial charge in [0, 0.05) is 18.7 Å². The standard InChI is InChI=1S/C16H19N3O4S/c1-3-18-11-17-13-10-19(9-8-12(13)16(18)20)24(21,22)15-7-5-4-6-14(15)23-2/h4-7,11H,3,8-10H2,1-2H3. The average molecular weight is 349 g/mol. The van der Waals surface area contributed by atoms with Gasteiger partial charge in [0.15, 0.2) is 0 Å². The lowest BCUT2D eigenvalue weighted by molar-refractivity contribution is 0.371. The van der Waals surface area contributed by atoms with E-state index in [2.05, 4.69) is 4.98 Å². The molecule has 0 spiro atoms. The van der Waals surface area contributed by atoms with Crippen molar-refractivity contribution in [1.29, 1.82) is 0 Å². The fourth-order valence-electron chi connectivity index (χ4n) is 2.84. The molecule has 7 nitrogen and oxygen atoms in total. The van der Waals surface area contributed by atoms with E-state index in [4.69, 9.17) is 4.74 Å². The summed E-state index contributed by atoms with van der Waals surface area (Å²) in [6, 6.07) is 6.51. The first-order valence-electron chi connectivity index (χ1n) is 7.69. The minimum atomic E-state index is -3.72. The van der Waals surface area contributed by atoms with Crippen molar-refractivity contribution in [1.82, 2.24) is 13.9 Å². The van der Waals surface area contributed by atoms with E-state index in [1.165, 1.54) is 28.4 Å². The van der Waals surface area contributed by atoms with Crippen LogP contribution in [0.1, 0.15) is 18.2 Å². The number of aromatic nitrogens is 2. The number of hydrogen-bond donors (Lipinski definition) is 0. The smallest absolute Gasteiger partial charge is 0.256 e. The second kappa shape index (κ2) is 6.37.